The average molecular weight is 681 g/mol. The van der Waals surface area contributed by atoms with Crippen molar-refractivity contribution in [3.63, 3.8) is 0 Å². The Labute approximate surface area is 295 Å². The van der Waals surface area contributed by atoms with Gasteiger partial charge in [0.1, 0.15) is 13.2 Å². The summed E-state index contributed by atoms with van der Waals surface area (Å²) in [5.74, 6) is -0.193. The minimum absolute atomic E-state index is 0.135. The molecule has 1 amide bonds. The Balaban J connectivity index is 2.52. The number of esters is 2. The molecule has 8 nitrogen and oxygen atoms in total. The second-order valence-corrected chi connectivity index (χ2v) is 14.5. The summed E-state index contributed by atoms with van der Waals surface area (Å²) in [5.41, 5.74) is -0.446. The highest BCUT2D eigenvalue weighted by molar-refractivity contribution is 5.76. The molecule has 0 aliphatic carbocycles. The summed E-state index contributed by atoms with van der Waals surface area (Å²) in [6.07, 6.45) is 26.1. The number of amides is 1. The molecule has 1 saturated heterocycles. The van der Waals surface area contributed by atoms with Crippen LogP contribution in [0.4, 0.5) is 0 Å². The van der Waals surface area contributed by atoms with Crippen LogP contribution in [0, 0.1) is 5.41 Å². The van der Waals surface area contributed by atoms with Crippen molar-refractivity contribution >= 4 is 17.8 Å². The van der Waals surface area contributed by atoms with Crippen molar-refractivity contribution in [3.05, 3.63) is 0 Å². The Bertz CT molecular complexity index is 753. The van der Waals surface area contributed by atoms with E-state index in [9.17, 15) is 19.5 Å². The first-order chi connectivity index (χ1) is 23.4. The van der Waals surface area contributed by atoms with Gasteiger partial charge in [0, 0.05) is 44.3 Å². The number of aliphatic hydroxyl groups is 1. The minimum atomic E-state index is -0.446. The number of carbonyl (C=O) groups excluding carboxylic acids is 3. The number of rotatable bonds is 32. The van der Waals surface area contributed by atoms with Gasteiger partial charge >= 0.3 is 11.9 Å². The lowest BCUT2D eigenvalue weighted by Crippen LogP contribution is -2.47. The molecule has 0 aromatic carbocycles. The summed E-state index contributed by atoms with van der Waals surface area (Å²) in [4.78, 5) is 42.6. The first-order valence-electron chi connectivity index (χ1n) is 20.3. The SMILES string of the molecule is CCCCCCCCCCCC(=O)OCC1(COC(=O)CCCCCCCCCCC)CCN(C(=O)CCCN(CCC)CCO)CC1. The number of hydrogen-bond acceptors (Lipinski definition) is 7. The van der Waals surface area contributed by atoms with Gasteiger partial charge in [-0.15, -0.1) is 0 Å². The molecule has 0 aromatic heterocycles. The van der Waals surface area contributed by atoms with Crippen LogP contribution in [0.5, 0.6) is 0 Å². The molecule has 0 spiro atoms. The normalized spacial score (nSPS) is 14.4. The van der Waals surface area contributed by atoms with Crippen LogP contribution in [0.25, 0.3) is 0 Å². The number of piperidine rings is 1. The molecular weight excluding hydrogens is 604 g/mol. The van der Waals surface area contributed by atoms with Gasteiger partial charge in [0.15, 0.2) is 0 Å². The Hall–Kier alpha value is -1.67. The summed E-state index contributed by atoms with van der Waals surface area (Å²) in [6.45, 7) is 10.8. The van der Waals surface area contributed by atoms with Crippen LogP contribution in [-0.2, 0) is 23.9 Å². The van der Waals surface area contributed by atoms with Gasteiger partial charge in [-0.25, -0.2) is 0 Å². The highest BCUT2D eigenvalue weighted by Crippen LogP contribution is 2.33. The Morgan fingerprint density at radius 3 is 1.42 bits per heavy atom. The maximum atomic E-state index is 13.0. The summed E-state index contributed by atoms with van der Waals surface area (Å²) < 4.78 is 11.6. The van der Waals surface area contributed by atoms with E-state index in [2.05, 4.69) is 25.7 Å². The van der Waals surface area contributed by atoms with Crippen LogP contribution in [0.3, 0.4) is 0 Å². The fourth-order valence-corrected chi connectivity index (χ4v) is 6.74. The zero-order valence-electron chi connectivity index (χ0n) is 31.7. The van der Waals surface area contributed by atoms with Crippen LogP contribution in [0.2, 0.25) is 0 Å². The summed E-state index contributed by atoms with van der Waals surface area (Å²) in [5, 5.41) is 9.31. The van der Waals surface area contributed by atoms with E-state index < -0.39 is 5.41 Å². The Morgan fingerprint density at radius 1 is 0.562 bits per heavy atom. The zero-order valence-corrected chi connectivity index (χ0v) is 31.7. The van der Waals surface area contributed by atoms with Crippen molar-refractivity contribution in [2.75, 3.05) is 52.5 Å². The number of ether oxygens (including phenoxy) is 2. The van der Waals surface area contributed by atoms with Gasteiger partial charge in [0.25, 0.3) is 0 Å². The quantitative estimate of drug-likeness (QED) is 0.0560. The maximum absolute atomic E-state index is 13.0. The van der Waals surface area contributed by atoms with E-state index in [4.69, 9.17) is 9.47 Å². The molecule has 0 radical (unpaired) electrons. The van der Waals surface area contributed by atoms with Gasteiger partial charge in [-0.1, -0.05) is 124 Å². The van der Waals surface area contributed by atoms with E-state index in [0.29, 0.717) is 51.7 Å². The monoisotopic (exact) mass is 681 g/mol. The zero-order chi connectivity index (χ0) is 35.1. The molecule has 0 atom stereocenters. The predicted octanol–water partition coefficient (Wildman–Crippen LogP) is 9.01. The second-order valence-electron chi connectivity index (χ2n) is 14.5. The average Bonchev–Trinajstić information content (AvgIpc) is 3.09. The van der Waals surface area contributed by atoms with Gasteiger partial charge < -0.3 is 24.4 Å². The minimum Gasteiger partial charge on any atom is -0.465 e. The molecule has 1 heterocycles. The molecule has 0 saturated carbocycles. The lowest BCUT2D eigenvalue weighted by atomic mass is 9.79. The third kappa shape index (κ3) is 22.9. The third-order valence-corrected chi connectivity index (χ3v) is 10.0. The molecule has 0 bridgehead atoms. The summed E-state index contributed by atoms with van der Waals surface area (Å²) >= 11 is 0. The van der Waals surface area contributed by atoms with Gasteiger partial charge in [-0.3, -0.25) is 14.4 Å². The van der Waals surface area contributed by atoms with E-state index >= 15 is 0 Å². The highest BCUT2D eigenvalue weighted by Gasteiger charge is 2.38. The topological polar surface area (TPSA) is 96.4 Å². The van der Waals surface area contributed by atoms with Crippen LogP contribution >= 0.6 is 0 Å². The predicted molar refractivity (Wildman–Crippen MR) is 197 cm³/mol. The molecule has 1 aliphatic heterocycles. The smallest absolute Gasteiger partial charge is 0.305 e. The van der Waals surface area contributed by atoms with Gasteiger partial charge in [-0.05, 0) is 51.6 Å². The fraction of sp³-hybridized carbons (Fsp3) is 0.925. The van der Waals surface area contributed by atoms with Crippen molar-refractivity contribution in [2.45, 2.75) is 181 Å². The van der Waals surface area contributed by atoms with Crippen LogP contribution in [0.15, 0.2) is 0 Å². The number of carbonyl (C=O) groups is 3. The molecular formula is C40H76N2O6. The molecule has 1 rings (SSSR count). The van der Waals surface area contributed by atoms with Crippen molar-refractivity contribution in [2.24, 2.45) is 5.41 Å². The number of unbranched alkanes of at least 4 members (excludes halogenated alkanes) is 16. The van der Waals surface area contributed by atoms with E-state index in [0.717, 1.165) is 51.6 Å². The lowest BCUT2D eigenvalue weighted by molar-refractivity contribution is -0.158. The van der Waals surface area contributed by atoms with E-state index in [1.165, 1.54) is 89.9 Å². The largest absolute Gasteiger partial charge is 0.465 e. The first-order valence-corrected chi connectivity index (χ1v) is 20.3. The van der Waals surface area contributed by atoms with Crippen molar-refractivity contribution in [1.82, 2.24) is 9.80 Å². The standard InChI is InChI=1S/C40H76N2O6/c1-4-7-9-11-13-15-17-19-21-25-38(45)47-35-40(36-48-39(46)26-22-20-18-16-14-12-10-8-5-2)27-31-42(32-28-40)37(44)24-23-30-41(29-6-3)33-34-43/h43H,4-36H2,1-3H3. The summed E-state index contributed by atoms with van der Waals surface area (Å²) in [7, 11) is 0. The molecule has 8 heteroatoms. The molecule has 1 N–H and O–H groups in total. The van der Waals surface area contributed by atoms with Crippen LogP contribution < -0.4 is 0 Å². The summed E-state index contributed by atoms with van der Waals surface area (Å²) in [6, 6.07) is 0. The van der Waals surface area contributed by atoms with E-state index in [1.54, 1.807) is 0 Å². The van der Waals surface area contributed by atoms with Gasteiger partial charge in [0.2, 0.25) is 5.91 Å². The van der Waals surface area contributed by atoms with Gasteiger partial charge in [0.05, 0.1) is 6.61 Å². The number of likely N-dealkylation sites (tertiary alicyclic amines) is 1. The maximum Gasteiger partial charge on any atom is 0.305 e. The van der Waals surface area contributed by atoms with Crippen LogP contribution in [0.1, 0.15) is 181 Å². The lowest BCUT2D eigenvalue weighted by Gasteiger charge is -2.41. The van der Waals surface area contributed by atoms with E-state index in [-0.39, 0.29) is 37.7 Å². The first kappa shape index (κ1) is 44.4. The fourth-order valence-electron chi connectivity index (χ4n) is 6.74. The second kappa shape index (κ2) is 30.2. The highest BCUT2D eigenvalue weighted by atomic mass is 16.5. The molecule has 1 fully saturated rings. The number of aliphatic hydroxyl groups excluding tert-OH is 1. The van der Waals surface area contributed by atoms with Crippen molar-refractivity contribution < 1.29 is 29.0 Å². The Kier molecular flexibility index (Phi) is 27.9. The van der Waals surface area contributed by atoms with E-state index in [1.807, 2.05) is 4.90 Å². The van der Waals surface area contributed by atoms with Gasteiger partial charge in [-0.2, -0.15) is 0 Å². The number of nitrogens with zero attached hydrogens (tertiary/aromatic N) is 2. The molecule has 48 heavy (non-hydrogen) atoms. The molecule has 0 unspecified atom stereocenters. The van der Waals surface area contributed by atoms with Crippen molar-refractivity contribution in [3.8, 4) is 0 Å². The molecule has 0 aromatic rings. The Morgan fingerprint density at radius 2 is 1.00 bits per heavy atom. The third-order valence-electron chi connectivity index (χ3n) is 10.0. The molecule has 282 valence electrons. The molecule has 1 aliphatic rings. The van der Waals surface area contributed by atoms with Crippen LogP contribution in [-0.4, -0.2) is 85.3 Å². The number of hydrogen-bond donors (Lipinski definition) is 1. The van der Waals surface area contributed by atoms with Crippen molar-refractivity contribution in [1.29, 1.82) is 0 Å².